The lowest BCUT2D eigenvalue weighted by Crippen LogP contribution is -2.42. The molecule has 3 aromatic rings. The molecule has 0 atom stereocenters. The molecule has 1 N–H and O–H groups in total. The quantitative estimate of drug-likeness (QED) is 0.743. The fraction of sp³-hybridized carbons (Fsp3) is 0.286. The van der Waals surface area contributed by atoms with Gasteiger partial charge < -0.3 is 14.8 Å². The number of thiophene rings is 1. The van der Waals surface area contributed by atoms with E-state index >= 15 is 0 Å². The van der Waals surface area contributed by atoms with Gasteiger partial charge in [-0.05, 0) is 30.4 Å². The van der Waals surface area contributed by atoms with Crippen LogP contribution in [0.4, 0.5) is 5.69 Å². The Balaban J connectivity index is 1.57. The van der Waals surface area contributed by atoms with Crippen molar-refractivity contribution in [2.24, 2.45) is 7.05 Å². The Morgan fingerprint density at radius 3 is 2.64 bits per heavy atom. The Bertz CT molecular complexity index is 1120. The second-order valence-electron chi connectivity index (χ2n) is 6.93. The molecule has 0 saturated carbocycles. The van der Waals surface area contributed by atoms with E-state index in [0.717, 1.165) is 28.6 Å². The summed E-state index contributed by atoms with van der Waals surface area (Å²) < 4.78 is 1.52. The van der Waals surface area contributed by atoms with Crippen molar-refractivity contribution >= 4 is 33.8 Å². The molecular formula is C21H20N4O2S. The summed E-state index contributed by atoms with van der Waals surface area (Å²) in [5.74, 6) is 0.0743. The standard InChI is InChI=1S/C21H20N4O2S/c1-24-17-6-3-2-5-15(17)19(16(13-22)20(24)26)23-14-8-10-25(11-9-14)21(27)18-7-4-12-28-18/h2-7,12,14,23H,8-11H2,1H3. The number of carbonyl (C=O) groups is 1. The number of aryl methyl sites for hydroxylation is 1. The van der Waals surface area contributed by atoms with Crippen LogP contribution in [0.3, 0.4) is 0 Å². The lowest BCUT2D eigenvalue weighted by Gasteiger charge is -2.33. The second-order valence-corrected chi connectivity index (χ2v) is 7.88. The minimum Gasteiger partial charge on any atom is -0.380 e. The highest BCUT2D eigenvalue weighted by molar-refractivity contribution is 7.12. The van der Waals surface area contributed by atoms with Gasteiger partial charge in [-0.25, -0.2) is 0 Å². The van der Waals surface area contributed by atoms with E-state index in [9.17, 15) is 14.9 Å². The third kappa shape index (κ3) is 3.16. The van der Waals surface area contributed by atoms with Crippen LogP contribution < -0.4 is 10.9 Å². The van der Waals surface area contributed by atoms with Crippen LogP contribution in [0.2, 0.25) is 0 Å². The van der Waals surface area contributed by atoms with Gasteiger partial charge in [-0.3, -0.25) is 9.59 Å². The van der Waals surface area contributed by atoms with E-state index < -0.39 is 0 Å². The average molecular weight is 392 g/mol. The molecule has 1 aliphatic heterocycles. The van der Waals surface area contributed by atoms with Crippen molar-refractivity contribution in [2.75, 3.05) is 18.4 Å². The van der Waals surface area contributed by atoms with Crippen LogP contribution in [0.25, 0.3) is 10.9 Å². The number of rotatable bonds is 3. The minimum atomic E-state index is -0.297. The van der Waals surface area contributed by atoms with Crippen molar-refractivity contribution < 1.29 is 4.79 Å². The molecule has 3 heterocycles. The fourth-order valence-corrected chi connectivity index (χ4v) is 4.43. The van der Waals surface area contributed by atoms with E-state index in [1.165, 1.54) is 15.9 Å². The molecule has 0 bridgehead atoms. The molecule has 142 valence electrons. The Kier molecular flexibility index (Phi) is 4.88. The summed E-state index contributed by atoms with van der Waals surface area (Å²) in [5, 5.41) is 15.8. The van der Waals surface area contributed by atoms with E-state index in [2.05, 4.69) is 11.4 Å². The molecule has 0 spiro atoms. The number of anilines is 1. The molecule has 1 amide bonds. The molecule has 1 fully saturated rings. The number of carbonyl (C=O) groups excluding carboxylic acids is 1. The smallest absolute Gasteiger partial charge is 0.270 e. The topological polar surface area (TPSA) is 78.1 Å². The number of benzene rings is 1. The van der Waals surface area contributed by atoms with Crippen LogP contribution in [0.5, 0.6) is 0 Å². The molecule has 7 heteroatoms. The zero-order valence-corrected chi connectivity index (χ0v) is 16.3. The maximum Gasteiger partial charge on any atom is 0.270 e. The summed E-state index contributed by atoms with van der Waals surface area (Å²) in [7, 11) is 1.68. The number of amides is 1. The predicted octanol–water partition coefficient (Wildman–Crippen LogP) is 3.19. The van der Waals surface area contributed by atoms with Gasteiger partial charge in [-0.2, -0.15) is 5.26 Å². The molecule has 28 heavy (non-hydrogen) atoms. The van der Waals surface area contributed by atoms with Crippen molar-refractivity contribution in [3.8, 4) is 6.07 Å². The first-order chi connectivity index (χ1) is 13.6. The first kappa shape index (κ1) is 18.3. The van der Waals surface area contributed by atoms with Gasteiger partial charge >= 0.3 is 0 Å². The highest BCUT2D eigenvalue weighted by atomic mass is 32.1. The summed E-state index contributed by atoms with van der Waals surface area (Å²) in [6.45, 7) is 1.30. The zero-order valence-electron chi connectivity index (χ0n) is 15.5. The molecule has 1 saturated heterocycles. The molecule has 1 aliphatic rings. The van der Waals surface area contributed by atoms with Crippen LogP contribution in [0, 0.1) is 11.3 Å². The van der Waals surface area contributed by atoms with E-state index in [1.54, 1.807) is 7.05 Å². The molecule has 0 radical (unpaired) electrons. The van der Waals surface area contributed by atoms with Crippen molar-refractivity contribution in [1.29, 1.82) is 5.26 Å². The number of piperidine rings is 1. The van der Waals surface area contributed by atoms with Crippen LogP contribution >= 0.6 is 11.3 Å². The second kappa shape index (κ2) is 7.49. The van der Waals surface area contributed by atoms with Crippen molar-refractivity contribution in [2.45, 2.75) is 18.9 Å². The highest BCUT2D eigenvalue weighted by Crippen LogP contribution is 2.27. The largest absolute Gasteiger partial charge is 0.380 e. The summed E-state index contributed by atoms with van der Waals surface area (Å²) >= 11 is 1.46. The maximum absolute atomic E-state index is 12.6. The first-order valence-electron chi connectivity index (χ1n) is 9.21. The Morgan fingerprint density at radius 1 is 1.21 bits per heavy atom. The number of pyridine rings is 1. The average Bonchev–Trinajstić information content (AvgIpc) is 3.27. The van der Waals surface area contributed by atoms with Gasteiger partial charge in [0.2, 0.25) is 0 Å². The fourth-order valence-electron chi connectivity index (χ4n) is 3.74. The Hall–Kier alpha value is -3.11. The number of nitrogens with zero attached hydrogens (tertiary/aromatic N) is 3. The van der Waals surface area contributed by atoms with E-state index in [-0.39, 0.29) is 23.1 Å². The minimum absolute atomic E-state index is 0.0743. The number of para-hydroxylation sites is 1. The number of nitriles is 1. The van der Waals surface area contributed by atoms with Gasteiger partial charge in [-0.1, -0.05) is 24.3 Å². The number of fused-ring (bicyclic) bond motifs is 1. The molecule has 2 aromatic heterocycles. The van der Waals surface area contributed by atoms with E-state index in [4.69, 9.17) is 0 Å². The molecule has 1 aromatic carbocycles. The van der Waals surface area contributed by atoms with Crippen molar-refractivity contribution in [3.05, 3.63) is 62.6 Å². The number of hydrogen-bond acceptors (Lipinski definition) is 5. The molecule has 6 nitrogen and oxygen atoms in total. The zero-order chi connectivity index (χ0) is 19.7. The van der Waals surface area contributed by atoms with E-state index in [1.807, 2.05) is 46.7 Å². The van der Waals surface area contributed by atoms with E-state index in [0.29, 0.717) is 18.8 Å². The number of likely N-dealkylation sites (tertiary alicyclic amines) is 1. The predicted molar refractivity (Wildman–Crippen MR) is 111 cm³/mol. The number of hydrogen-bond donors (Lipinski definition) is 1. The van der Waals surface area contributed by atoms with Gasteiger partial charge in [0, 0.05) is 31.6 Å². The lowest BCUT2D eigenvalue weighted by atomic mass is 10.0. The van der Waals surface area contributed by atoms with Gasteiger partial charge in [0.25, 0.3) is 11.5 Å². The Labute approximate surface area is 166 Å². The normalized spacial score (nSPS) is 14.8. The van der Waals surface area contributed by atoms with Gasteiger partial charge in [0.15, 0.2) is 0 Å². The van der Waals surface area contributed by atoms with Crippen LogP contribution in [0.1, 0.15) is 28.1 Å². The third-order valence-corrected chi connectivity index (χ3v) is 6.14. The van der Waals surface area contributed by atoms with Gasteiger partial charge in [-0.15, -0.1) is 11.3 Å². The van der Waals surface area contributed by atoms with Gasteiger partial charge in [0.1, 0.15) is 11.6 Å². The Morgan fingerprint density at radius 2 is 1.96 bits per heavy atom. The molecular weight excluding hydrogens is 372 g/mol. The van der Waals surface area contributed by atoms with Crippen molar-refractivity contribution in [1.82, 2.24) is 9.47 Å². The number of aromatic nitrogens is 1. The molecule has 0 unspecified atom stereocenters. The maximum atomic E-state index is 12.6. The third-order valence-electron chi connectivity index (χ3n) is 5.28. The van der Waals surface area contributed by atoms with Crippen LogP contribution in [0.15, 0.2) is 46.6 Å². The molecule has 4 rings (SSSR count). The summed E-state index contributed by atoms with van der Waals surface area (Å²) in [6, 6.07) is 13.5. The molecule has 0 aliphatic carbocycles. The summed E-state index contributed by atoms with van der Waals surface area (Å²) in [6.07, 6.45) is 1.54. The van der Waals surface area contributed by atoms with Crippen LogP contribution in [-0.4, -0.2) is 34.5 Å². The monoisotopic (exact) mass is 392 g/mol. The lowest BCUT2D eigenvalue weighted by molar-refractivity contribution is 0.0723. The summed E-state index contributed by atoms with van der Waals surface area (Å²) in [4.78, 5) is 27.7. The number of nitrogens with one attached hydrogen (secondary N) is 1. The van der Waals surface area contributed by atoms with Gasteiger partial charge in [0.05, 0.1) is 16.1 Å². The summed E-state index contributed by atoms with van der Waals surface area (Å²) in [5.41, 5.74) is 1.23. The SMILES string of the molecule is Cn1c(=O)c(C#N)c(NC2CCN(C(=O)c3cccs3)CC2)c2ccccc21. The van der Waals surface area contributed by atoms with Crippen molar-refractivity contribution in [3.63, 3.8) is 0 Å². The highest BCUT2D eigenvalue weighted by Gasteiger charge is 2.25. The first-order valence-corrected chi connectivity index (χ1v) is 10.1. The van der Waals surface area contributed by atoms with Crippen LogP contribution in [-0.2, 0) is 7.05 Å².